The lowest BCUT2D eigenvalue weighted by molar-refractivity contribution is 0.669. The third-order valence-electron chi connectivity index (χ3n) is 13.8. The Bertz CT molecular complexity index is 4520. The summed E-state index contributed by atoms with van der Waals surface area (Å²) in [6.07, 6.45) is 0. The maximum atomic E-state index is 6.51. The molecule has 0 N–H and O–H groups in total. The van der Waals surface area contributed by atoms with Gasteiger partial charge in [-0.1, -0.05) is 152 Å². The van der Waals surface area contributed by atoms with Crippen LogP contribution in [0.25, 0.3) is 149 Å². The molecule has 0 bridgehead atoms. The molecule has 4 heterocycles. The summed E-state index contributed by atoms with van der Waals surface area (Å²) in [6.45, 7) is 0. The van der Waals surface area contributed by atoms with Crippen molar-refractivity contribution >= 4 is 98.0 Å². The number of fused-ring (bicyclic) bond motifs is 11. The molecule has 310 valence electrons. The van der Waals surface area contributed by atoms with Crippen LogP contribution in [0.4, 0.5) is 0 Å². The Morgan fingerprint density at radius 2 is 0.955 bits per heavy atom. The van der Waals surface area contributed by atoms with Crippen molar-refractivity contribution in [3.63, 3.8) is 0 Å². The van der Waals surface area contributed by atoms with Gasteiger partial charge in [-0.05, 0) is 92.7 Å². The van der Waals surface area contributed by atoms with Gasteiger partial charge in [-0.15, -0.1) is 0 Å². The first kappa shape index (κ1) is 36.2. The van der Waals surface area contributed by atoms with Crippen molar-refractivity contribution in [2.75, 3.05) is 0 Å². The lowest BCUT2D eigenvalue weighted by Gasteiger charge is -2.13. The molecule has 6 heteroatoms. The van der Waals surface area contributed by atoms with Gasteiger partial charge >= 0.3 is 0 Å². The van der Waals surface area contributed by atoms with Gasteiger partial charge in [-0.3, -0.25) is 0 Å². The minimum absolute atomic E-state index is 0.553. The van der Waals surface area contributed by atoms with Gasteiger partial charge in [-0.25, -0.2) is 15.0 Å². The number of hydrogen-bond donors (Lipinski definition) is 0. The Morgan fingerprint density at radius 3 is 1.85 bits per heavy atom. The lowest BCUT2D eigenvalue weighted by Crippen LogP contribution is -2.01. The number of hydrogen-bond acceptors (Lipinski definition) is 5. The zero-order chi connectivity index (χ0) is 43.7. The summed E-state index contributed by atoms with van der Waals surface area (Å²) in [5.41, 5.74) is 11.6. The normalized spacial score (nSPS) is 12.2. The predicted molar refractivity (Wildman–Crippen MR) is 274 cm³/mol. The van der Waals surface area contributed by atoms with E-state index in [1.807, 2.05) is 72.8 Å². The van der Waals surface area contributed by atoms with E-state index < -0.39 is 0 Å². The van der Waals surface area contributed by atoms with E-state index in [-0.39, 0.29) is 0 Å². The van der Waals surface area contributed by atoms with Crippen LogP contribution < -0.4 is 0 Å². The molecule has 11 aromatic carbocycles. The molecule has 0 unspecified atom stereocenters. The van der Waals surface area contributed by atoms with Gasteiger partial charge in [0.2, 0.25) is 0 Å². The summed E-state index contributed by atoms with van der Waals surface area (Å²) in [6, 6.07) is 72.7. The van der Waals surface area contributed by atoms with Gasteiger partial charge in [0.25, 0.3) is 0 Å². The molecule has 15 rings (SSSR count). The monoisotopic (exact) mass is 854 g/mol. The second kappa shape index (κ2) is 13.7. The molecule has 0 spiro atoms. The number of furan rings is 2. The third kappa shape index (κ3) is 5.23. The van der Waals surface area contributed by atoms with Crippen molar-refractivity contribution in [3.05, 3.63) is 206 Å². The van der Waals surface area contributed by atoms with E-state index in [4.69, 9.17) is 23.8 Å². The van der Waals surface area contributed by atoms with Crippen LogP contribution in [-0.2, 0) is 0 Å². The van der Waals surface area contributed by atoms with Crippen molar-refractivity contribution < 1.29 is 8.83 Å². The molecule has 15 aromatic rings. The Balaban J connectivity index is 0.968. The molecule has 4 aromatic heterocycles. The second-order valence-electron chi connectivity index (χ2n) is 17.4. The zero-order valence-corrected chi connectivity index (χ0v) is 35.7. The highest BCUT2D eigenvalue weighted by atomic mass is 16.3. The number of para-hydroxylation sites is 3. The van der Waals surface area contributed by atoms with Gasteiger partial charge in [0.1, 0.15) is 22.3 Å². The minimum Gasteiger partial charge on any atom is -0.456 e. The molecule has 0 aliphatic rings. The summed E-state index contributed by atoms with van der Waals surface area (Å²) in [7, 11) is 0. The Morgan fingerprint density at radius 1 is 0.313 bits per heavy atom. The van der Waals surface area contributed by atoms with E-state index in [0.717, 1.165) is 88.4 Å². The quantitative estimate of drug-likeness (QED) is 0.161. The number of aromatic nitrogens is 4. The molecule has 0 aliphatic heterocycles. The first-order valence-electron chi connectivity index (χ1n) is 22.6. The van der Waals surface area contributed by atoms with Crippen LogP contribution in [-0.4, -0.2) is 19.5 Å². The highest BCUT2D eigenvalue weighted by Crippen LogP contribution is 2.48. The smallest absolute Gasteiger partial charge is 0.167 e. The van der Waals surface area contributed by atoms with Gasteiger partial charge in [0.05, 0.1) is 16.6 Å². The topological polar surface area (TPSA) is 69.9 Å². The predicted octanol–water partition coefficient (Wildman–Crippen LogP) is 16.3. The Kier molecular flexibility index (Phi) is 7.40. The van der Waals surface area contributed by atoms with Crippen LogP contribution in [0.3, 0.4) is 0 Å². The third-order valence-corrected chi connectivity index (χ3v) is 13.8. The van der Waals surface area contributed by atoms with E-state index >= 15 is 0 Å². The molecule has 0 saturated heterocycles. The molecule has 0 atom stereocenters. The van der Waals surface area contributed by atoms with Crippen LogP contribution in [0.1, 0.15) is 0 Å². The van der Waals surface area contributed by atoms with E-state index in [1.165, 1.54) is 43.1 Å². The zero-order valence-electron chi connectivity index (χ0n) is 35.7. The fourth-order valence-corrected chi connectivity index (χ4v) is 10.9. The van der Waals surface area contributed by atoms with Crippen LogP contribution in [0.15, 0.2) is 215 Å². The van der Waals surface area contributed by atoms with Crippen LogP contribution in [0, 0.1) is 0 Å². The number of rotatable bonds is 5. The van der Waals surface area contributed by atoms with Crippen LogP contribution in [0.5, 0.6) is 0 Å². The van der Waals surface area contributed by atoms with Crippen molar-refractivity contribution in [2.45, 2.75) is 0 Å². The molecule has 0 fully saturated rings. The van der Waals surface area contributed by atoms with E-state index in [1.54, 1.807) is 0 Å². The SMILES string of the molecule is c1ccc(-c2nc(-c3cccc(-n4c5cccc6c7cc(-c8cccc9oc%10ccccc%10c89)ccc7c7c8ccccc8cc4c7c65)c3)nc(-c3cccc4c3oc3ccccc34)n2)cc1. The van der Waals surface area contributed by atoms with Gasteiger partial charge < -0.3 is 13.4 Å². The first-order valence-corrected chi connectivity index (χ1v) is 22.6. The molecular formula is C61H34N4O2. The highest BCUT2D eigenvalue weighted by molar-refractivity contribution is 6.39. The van der Waals surface area contributed by atoms with Gasteiger partial charge in [0, 0.05) is 54.5 Å². The fourth-order valence-electron chi connectivity index (χ4n) is 10.9. The summed E-state index contributed by atoms with van der Waals surface area (Å²) in [5, 5.41) is 14.2. The maximum absolute atomic E-state index is 6.51. The Labute approximate surface area is 381 Å². The molecule has 0 radical (unpaired) electrons. The first-order chi connectivity index (χ1) is 33.2. The summed E-state index contributed by atoms with van der Waals surface area (Å²) >= 11 is 0. The van der Waals surface area contributed by atoms with E-state index in [2.05, 4.69) is 138 Å². The van der Waals surface area contributed by atoms with Crippen LogP contribution in [0.2, 0.25) is 0 Å². The largest absolute Gasteiger partial charge is 0.456 e. The average molecular weight is 855 g/mol. The highest BCUT2D eigenvalue weighted by Gasteiger charge is 2.24. The van der Waals surface area contributed by atoms with E-state index in [9.17, 15) is 0 Å². The standard InChI is InChI=1S/C61H34N4O2/c1-2-14-35(15-3-1)59-62-60(64-61(63-59)47-25-11-24-45-42-20-6-8-27-51(42)67-58(45)47)38-17-10-18-39(32-38)65-49-26-12-23-43-48-33-37(40-22-13-29-53-54(40)46-21-7-9-28-52(46)66-53)30-31-44(48)55-41-19-5-4-16-36(41)34-50(65)57(55)56(43)49/h1-34H. The average Bonchev–Trinajstić information content (AvgIpc) is 4.08. The molecule has 6 nitrogen and oxygen atoms in total. The van der Waals surface area contributed by atoms with Crippen molar-refractivity contribution in [2.24, 2.45) is 0 Å². The molecule has 0 amide bonds. The Hall–Kier alpha value is -9.13. The second-order valence-corrected chi connectivity index (χ2v) is 17.4. The number of nitrogens with zero attached hydrogens (tertiary/aromatic N) is 4. The lowest BCUT2D eigenvalue weighted by atomic mass is 9.89. The van der Waals surface area contributed by atoms with Crippen molar-refractivity contribution in [1.82, 2.24) is 19.5 Å². The van der Waals surface area contributed by atoms with Gasteiger partial charge in [0.15, 0.2) is 17.5 Å². The van der Waals surface area contributed by atoms with Gasteiger partial charge in [-0.2, -0.15) is 0 Å². The molecular weight excluding hydrogens is 821 g/mol. The molecule has 67 heavy (non-hydrogen) atoms. The molecule has 0 aliphatic carbocycles. The summed E-state index contributed by atoms with van der Waals surface area (Å²) in [4.78, 5) is 15.5. The summed E-state index contributed by atoms with van der Waals surface area (Å²) < 4.78 is 15.3. The number of benzene rings is 11. The van der Waals surface area contributed by atoms with Crippen molar-refractivity contribution in [1.29, 1.82) is 0 Å². The molecule has 0 saturated carbocycles. The van der Waals surface area contributed by atoms with E-state index in [0.29, 0.717) is 17.5 Å². The maximum Gasteiger partial charge on any atom is 0.167 e. The summed E-state index contributed by atoms with van der Waals surface area (Å²) in [5.74, 6) is 1.73. The van der Waals surface area contributed by atoms with Crippen LogP contribution >= 0.6 is 0 Å². The van der Waals surface area contributed by atoms with Crippen molar-refractivity contribution in [3.8, 4) is 51.0 Å². The fraction of sp³-hybridized carbons (Fsp3) is 0. The minimum atomic E-state index is 0.553.